The minimum Gasteiger partial charge on any atom is -0.313 e. The maximum Gasteiger partial charge on any atom is 0.131 e. The Kier molecular flexibility index (Phi) is 8.22. The van der Waals surface area contributed by atoms with Crippen LogP contribution in [0.1, 0.15) is 37.3 Å². The molecule has 1 atom stereocenters. The van der Waals surface area contributed by atoms with E-state index in [-0.39, 0.29) is 11.6 Å². The van der Waals surface area contributed by atoms with Crippen molar-refractivity contribution >= 4 is 40.9 Å². The van der Waals surface area contributed by atoms with E-state index in [1.807, 2.05) is 25.2 Å². The molecular weight excluding hydrogens is 385 g/mol. The van der Waals surface area contributed by atoms with E-state index in [0.29, 0.717) is 45.8 Å². The summed E-state index contributed by atoms with van der Waals surface area (Å²) in [5.41, 5.74) is 2.73. The Labute approximate surface area is 176 Å². The van der Waals surface area contributed by atoms with Crippen molar-refractivity contribution < 1.29 is 4.39 Å². The van der Waals surface area contributed by atoms with Gasteiger partial charge in [-0.3, -0.25) is 0 Å². The standard InChI is InChI=1S/C24H25ClFN3/c1-3-16-8-5-6-10-19(23(29)12-11-18(28)9-7-13-27)24(16)20-15-21(25)17(4-2)14-22(20)26/h4-6,8,10-16,27-29H,2-3,7,9H2,1H3/b12-11-,27-13?,28-18?,29-23?. The van der Waals surface area contributed by atoms with Crippen LogP contribution in [0.25, 0.3) is 11.6 Å². The van der Waals surface area contributed by atoms with Crippen LogP contribution < -0.4 is 0 Å². The first-order valence-electron chi connectivity index (χ1n) is 9.47. The van der Waals surface area contributed by atoms with E-state index >= 15 is 4.39 Å². The summed E-state index contributed by atoms with van der Waals surface area (Å²) in [6.45, 7) is 5.68. The van der Waals surface area contributed by atoms with Crippen molar-refractivity contribution in [2.45, 2.75) is 26.2 Å². The summed E-state index contributed by atoms with van der Waals surface area (Å²) < 4.78 is 15.0. The molecule has 0 spiro atoms. The van der Waals surface area contributed by atoms with Crippen LogP contribution in [0.5, 0.6) is 0 Å². The average molecular weight is 410 g/mol. The van der Waals surface area contributed by atoms with Gasteiger partial charge in [0.15, 0.2) is 0 Å². The van der Waals surface area contributed by atoms with E-state index in [1.165, 1.54) is 18.4 Å². The highest BCUT2D eigenvalue weighted by Gasteiger charge is 2.22. The molecule has 150 valence electrons. The predicted octanol–water partition coefficient (Wildman–Crippen LogP) is 7.05. The Morgan fingerprint density at radius 1 is 1.24 bits per heavy atom. The number of nitrogens with one attached hydrogen (secondary N) is 3. The van der Waals surface area contributed by atoms with Gasteiger partial charge in [0.05, 0.1) is 5.71 Å². The van der Waals surface area contributed by atoms with Crippen LogP contribution >= 0.6 is 11.6 Å². The molecule has 0 amide bonds. The third kappa shape index (κ3) is 5.58. The summed E-state index contributed by atoms with van der Waals surface area (Å²) in [6, 6.07) is 2.97. The lowest BCUT2D eigenvalue weighted by Gasteiger charge is -2.20. The molecule has 0 aliphatic heterocycles. The highest BCUT2D eigenvalue weighted by Crippen LogP contribution is 2.37. The lowest BCUT2D eigenvalue weighted by molar-refractivity contribution is 0.620. The first-order chi connectivity index (χ1) is 13.9. The molecule has 3 N–H and O–H groups in total. The normalized spacial score (nSPS) is 16.2. The monoisotopic (exact) mass is 409 g/mol. The molecule has 2 rings (SSSR count). The zero-order chi connectivity index (χ0) is 21.4. The molecule has 0 saturated heterocycles. The lowest BCUT2D eigenvalue weighted by atomic mass is 9.84. The summed E-state index contributed by atoms with van der Waals surface area (Å²) >= 11 is 6.32. The van der Waals surface area contributed by atoms with Crippen molar-refractivity contribution in [1.82, 2.24) is 0 Å². The van der Waals surface area contributed by atoms with Crippen LogP contribution in [0.3, 0.4) is 0 Å². The summed E-state index contributed by atoms with van der Waals surface area (Å²) in [4.78, 5) is 0. The third-order valence-corrected chi connectivity index (χ3v) is 5.04. The van der Waals surface area contributed by atoms with Crippen molar-refractivity contribution in [3.63, 3.8) is 0 Å². The first kappa shape index (κ1) is 22.4. The van der Waals surface area contributed by atoms with Crippen molar-refractivity contribution in [1.29, 1.82) is 16.2 Å². The van der Waals surface area contributed by atoms with Gasteiger partial charge in [-0.15, -0.1) is 0 Å². The first-order valence-corrected chi connectivity index (χ1v) is 9.84. The molecule has 29 heavy (non-hydrogen) atoms. The second-order valence-corrected chi connectivity index (χ2v) is 7.07. The van der Waals surface area contributed by atoms with E-state index in [0.717, 1.165) is 6.42 Å². The zero-order valence-electron chi connectivity index (χ0n) is 16.4. The second kappa shape index (κ2) is 10.6. The number of halogens is 2. The quantitative estimate of drug-likeness (QED) is 0.365. The van der Waals surface area contributed by atoms with Gasteiger partial charge in [-0.2, -0.15) is 0 Å². The van der Waals surface area contributed by atoms with E-state index in [2.05, 4.69) is 6.58 Å². The zero-order valence-corrected chi connectivity index (χ0v) is 17.2. The van der Waals surface area contributed by atoms with Crippen LogP contribution in [0.2, 0.25) is 5.02 Å². The molecule has 3 nitrogen and oxygen atoms in total. The van der Waals surface area contributed by atoms with Gasteiger partial charge in [0.1, 0.15) is 5.82 Å². The molecule has 0 radical (unpaired) electrons. The predicted molar refractivity (Wildman–Crippen MR) is 123 cm³/mol. The minimum absolute atomic E-state index is 0.0775. The van der Waals surface area contributed by atoms with Crippen molar-refractivity contribution in [3.8, 4) is 0 Å². The van der Waals surface area contributed by atoms with Gasteiger partial charge in [-0.05, 0) is 60.9 Å². The van der Waals surface area contributed by atoms with Crippen molar-refractivity contribution in [2.24, 2.45) is 5.92 Å². The van der Waals surface area contributed by atoms with Crippen LogP contribution in [0.15, 0.2) is 60.7 Å². The molecule has 0 bridgehead atoms. The summed E-state index contributed by atoms with van der Waals surface area (Å²) in [7, 11) is 0. The van der Waals surface area contributed by atoms with E-state index < -0.39 is 5.82 Å². The van der Waals surface area contributed by atoms with Gasteiger partial charge in [0.25, 0.3) is 0 Å². The molecule has 0 aromatic heterocycles. The van der Waals surface area contributed by atoms with Crippen LogP contribution in [-0.4, -0.2) is 17.6 Å². The molecule has 1 aromatic rings. The van der Waals surface area contributed by atoms with Crippen LogP contribution in [0, 0.1) is 28.0 Å². The Balaban J connectivity index is 2.58. The molecular formula is C24H25ClFN3. The van der Waals surface area contributed by atoms with Gasteiger partial charge < -0.3 is 16.2 Å². The van der Waals surface area contributed by atoms with Crippen LogP contribution in [0.4, 0.5) is 4.39 Å². The fourth-order valence-corrected chi connectivity index (χ4v) is 3.41. The molecule has 1 aliphatic carbocycles. The SMILES string of the molecule is C=Cc1cc(F)c(C2=C(C(=N)/C=C\C(=N)CCC=N)C=CC=CC2CC)cc1Cl. The Morgan fingerprint density at radius 2 is 2.00 bits per heavy atom. The smallest absolute Gasteiger partial charge is 0.131 e. The minimum atomic E-state index is -0.408. The Bertz CT molecular complexity index is 951. The molecule has 0 fully saturated rings. The van der Waals surface area contributed by atoms with Gasteiger partial charge >= 0.3 is 0 Å². The lowest BCUT2D eigenvalue weighted by Crippen LogP contribution is -2.09. The van der Waals surface area contributed by atoms with E-state index in [4.69, 9.17) is 27.8 Å². The molecule has 5 heteroatoms. The fourth-order valence-electron chi connectivity index (χ4n) is 3.17. The summed E-state index contributed by atoms with van der Waals surface area (Å²) in [6.07, 6.45) is 15.1. The fraction of sp³-hybridized carbons (Fsp3) is 0.208. The highest BCUT2D eigenvalue weighted by molar-refractivity contribution is 6.32. The maximum absolute atomic E-state index is 15.0. The Morgan fingerprint density at radius 3 is 2.66 bits per heavy atom. The van der Waals surface area contributed by atoms with Gasteiger partial charge in [-0.1, -0.05) is 55.5 Å². The van der Waals surface area contributed by atoms with Crippen molar-refractivity contribution in [2.75, 3.05) is 0 Å². The van der Waals surface area contributed by atoms with E-state index in [9.17, 15) is 0 Å². The number of hydrogen-bond acceptors (Lipinski definition) is 3. The third-order valence-electron chi connectivity index (χ3n) is 4.71. The van der Waals surface area contributed by atoms with E-state index in [1.54, 1.807) is 24.3 Å². The van der Waals surface area contributed by atoms with Crippen molar-refractivity contribution in [3.05, 3.63) is 82.7 Å². The molecule has 0 heterocycles. The Hall–Kier alpha value is -2.85. The molecule has 0 saturated carbocycles. The molecule has 1 aliphatic rings. The molecule has 1 aromatic carbocycles. The number of allylic oxidation sites excluding steroid dienone is 8. The number of hydrogen-bond donors (Lipinski definition) is 3. The van der Waals surface area contributed by atoms with Gasteiger partial charge in [-0.25, -0.2) is 4.39 Å². The molecule has 1 unspecified atom stereocenters. The number of benzene rings is 1. The average Bonchev–Trinajstić information content (AvgIpc) is 2.94. The summed E-state index contributed by atoms with van der Waals surface area (Å²) in [5.74, 6) is -0.485. The van der Waals surface area contributed by atoms with Crippen LogP contribution in [-0.2, 0) is 0 Å². The number of rotatable bonds is 9. The topological polar surface area (TPSA) is 71.6 Å². The second-order valence-electron chi connectivity index (χ2n) is 6.66. The highest BCUT2D eigenvalue weighted by atomic mass is 35.5. The van der Waals surface area contributed by atoms with Gasteiger partial charge in [0.2, 0.25) is 0 Å². The van der Waals surface area contributed by atoms with Gasteiger partial charge in [0, 0.05) is 27.8 Å². The summed E-state index contributed by atoms with van der Waals surface area (Å²) in [5, 5.41) is 24.0. The maximum atomic E-state index is 15.0. The largest absolute Gasteiger partial charge is 0.313 e.